The molecule has 0 amide bonds. The van der Waals surface area contributed by atoms with Crippen molar-refractivity contribution in [1.82, 2.24) is 4.90 Å². The molecule has 94 valence electrons. The second-order valence-electron chi connectivity index (χ2n) is 4.52. The van der Waals surface area contributed by atoms with E-state index in [1.165, 1.54) is 12.8 Å². The van der Waals surface area contributed by atoms with E-state index in [9.17, 15) is 0 Å². The van der Waals surface area contributed by atoms with E-state index in [2.05, 4.69) is 33.1 Å². The third-order valence-corrected chi connectivity index (χ3v) is 3.69. The summed E-state index contributed by atoms with van der Waals surface area (Å²) in [7, 11) is 0. The SMILES string of the molecule is CCN(CCNc1cc(Br)ccc1N)C1CC1. The van der Waals surface area contributed by atoms with E-state index in [-0.39, 0.29) is 0 Å². The molecule has 1 aliphatic rings. The topological polar surface area (TPSA) is 41.3 Å². The van der Waals surface area contributed by atoms with E-state index in [1.54, 1.807) is 0 Å². The number of benzene rings is 1. The van der Waals surface area contributed by atoms with Gasteiger partial charge < -0.3 is 11.1 Å². The van der Waals surface area contributed by atoms with Crippen molar-refractivity contribution in [2.24, 2.45) is 0 Å². The van der Waals surface area contributed by atoms with Gasteiger partial charge in [-0.15, -0.1) is 0 Å². The minimum Gasteiger partial charge on any atom is -0.397 e. The number of nitrogens with two attached hydrogens (primary N) is 1. The van der Waals surface area contributed by atoms with Gasteiger partial charge in [-0.25, -0.2) is 0 Å². The molecule has 0 unspecified atom stereocenters. The second-order valence-corrected chi connectivity index (χ2v) is 5.43. The number of rotatable bonds is 6. The number of anilines is 2. The molecule has 0 aliphatic heterocycles. The zero-order valence-electron chi connectivity index (χ0n) is 10.2. The predicted molar refractivity (Wildman–Crippen MR) is 77.3 cm³/mol. The van der Waals surface area contributed by atoms with Gasteiger partial charge in [-0.2, -0.15) is 0 Å². The van der Waals surface area contributed by atoms with Gasteiger partial charge in [-0.05, 0) is 37.6 Å². The fourth-order valence-electron chi connectivity index (χ4n) is 2.05. The van der Waals surface area contributed by atoms with Crippen molar-refractivity contribution in [3.63, 3.8) is 0 Å². The maximum atomic E-state index is 5.91. The number of nitrogens with zero attached hydrogens (tertiary/aromatic N) is 1. The normalized spacial score (nSPS) is 15.2. The van der Waals surface area contributed by atoms with Crippen LogP contribution in [0.4, 0.5) is 11.4 Å². The van der Waals surface area contributed by atoms with E-state index in [1.807, 2.05) is 18.2 Å². The van der Waals surface area contributed by atoms with Crippen LogP contribution in [0, 0.1) is 0 Å². The molecule has 0 heterocycles. The molecular weight excluding hydrogens is 278 g/mol. The quantitative estimate of drug-likeness (QED) is 0.793. The molecule has 1 saturated carbocycles. The first-order valence-electron chi connectivity index (χ1n) is 6.23. The highest BCUT2D eigenvalue weighted by Gasteiger charge is 2.27. The molecule has 1 aliphatic carbocycles. The van der Waals surface area contributed by atoms with E-state index in [0.717, 1.165) is 41.5 Å². The van der Waals surface area contributed by atoms with Gasteiger partial charge in [0.1, 0.15) is 0 Å². The largest absolute Gasteiger partial charge is 0.397 e. The van der Waals surface area contributed by atoms with Crippen LogP contribution in [0.15, 0.2) is 22.7 Å². The molecule has 1 aromatic rings. The van der Waals surface area contributed by atoms with Crippen molar-refractivity contribution in [2.75, 3.05) is 30.7 Å². The maximum absolute atomic E-state index is 5.91. The van der Waals surface area contributed by atoms with Crippen LogP contribution in [-0.2, 0) is 0 Å². The van der Waals surface area contributed by atoms with Crippen molar-refractivity contribution < 1.29 is 0 Å². The number of likely N-dealkylation sites (N-methyl/N-ethyl adjacent to an activating group) is 1. The molecule has 1 aromatic carbocycles. The maximum Gasteiger partial charge on any atom is 0.0585 e. The molecule has 4 heteroatoms. The second kappa shape index (κ2) is 5.74. The Hall–Kier alpha value is -0.740. The van der Waals surface area contributed by atoms with Gasteiger partial charge in [0.25, 0.3) is 0 Å². The molecule has 0 radical (unpaired) electrons. The van der Waals surface area contributed by atoms with Gasteiger partial charge in [0.05, 0.1) is 11.4 Å². The zero-order valence-corrected chi connectivity index (χ0v) is 11.8. The molecule has 0 spiro atoms. The van der Waals surface area contributed by atoms with Gasteiger partial charge in [0.15, 0.2) is 0 Å². The van der Waals surface area contributed by atoms with Crippen LogP contribution in [-0.4, -0.2) is 30.6 Å². The summed E-state index contributed by atoms with van der Waals surface area (Å²) >= 11 is 3.46. The molecule has 2 rings (SSSR count). The Kier molecular flexibility index (Phi) is 4.29. The zero-order chi connectivity index (χ0) is 12.3. The average Bonchev–Trinajstić information content (AvgIpc) is 3.13. The summed E-state index contributed by atoms with van der Waals surface area (Å²) in [5.74, 6) is 0. The number of nitrogens with one attached hydrogen (secondary N) is 1. The highest BCUT2D eigenvalue weighted by Crippen LogP contribution is 2.26. The first kappa shape index (κ1) is 12.7. The van der Waals surface area contributed by atoms with Crippen LogP contribution < -0.4 is 11.1 Å². The first-order valence-corrected chi connectivity index (χ1v) is 7.03. The lowest BCUT2D eigenvalue weighted by atomic mass is 10.2. The number of nitrogen functional groups attached to an aromatic ring is 1. The van der Waals surface area contributed by atoms with Gasteiger partial charge >= 0.3 is 0 Å². The molecule has 1 fully saturated rings. The van der Waals surface area contributed by atoms with Crippen molar-refractivity contribution >= 4 is 27.3 Å². The third kappa shape index (κ3) is 3.61. The molecule has 17 heavy (non-hydrogen) atoms. The fraction of sp³-hybridized carbons (Fsp3) is 0.538. The molecule has 0 bridgehead atoms. The van der Waals surface area contributed by atoms with Gasteiger partial charge in [0, 0.05) is 23.6 Å². The third-order valence-electron chi connectivity index (χ3n) is 3.20. The molecular formula is C13H20BrN3. The average molecular weight is 298 g/mol. The first-order chi connectivity index (χ1) is 8.20. The fourth-order valence-corrected chi connectivity index (χ4v) is 2.42. The van der Waals surface area contributed by atoms with E-state index in [4.69, 9.17) is 5.73 Å². The van der Waals surface area contributed by atoms with Crippen LogP contribution in [0.2, 0.25) is 0 Å². The highest BCUT2D eigenvalue weighted by atomic mass is 79.9. The van der Waals surface area contributed by atoms with Gasteiger partial charge in [0.2, 0.25) is 0 Å². The Bertz CT molecular complexity index is 377. The van der Waals surface area contributed by atoms with Gasteiger partial charge in [-0.1, -0.05) is 22.9 Å². The standard InChI is InChI=1S/C13H20BrN3/c1-2-17(11-4-5-11)8-7-16-13-9-10(14)3-6-12(13)15/h3,6,9,11,16H,2,4-5,7-8,15H2,1H3. The molecule has 0 aromatic heterocycles. The highest BCUT2D eigenvalue weighted by molar-refractivity contribution is 9.10. The summed E-state index contributed by atoms with van der Waals surface area (Å²) in [5.41, 5.74) is 7.74. The lowest BCUT2D eigenvalue weighted by Gasteiger charge is -2.20. The van der Waals surface area contributed by atoms with Crippen LogP contribution in [0.5, 0.6) is 0 Å². The van der Waals surface area contributed by atoms with E-state index >= 15 is 0 Å². The van der Waals surface area contributed by atoms with Crippen molar-refractivity contribution in [2.45, 2.75) is 25.8 Å². The van der Waals surface area contributed by atoms with Gasteiger partial charge in [-0.3, -0.25) is 4.90 Å². The minimum atomic E-state index is 0.808. The van der Waals surface area contributed by atoms with E-state index in [0.29, 0.717) is 0 Å². The number of halogens is 1. The molecule has 3 nitrogen and oxygen atoms in total. The summed E-state index contributed by atoms with van der Waals surface area (Å²) in [5, 5.41) is 3.40. The summed E-state index contributed by atoms with van der Waals surface area (Å²) in [4.78, 5) is 2.53. The smallest absolute Gasteiger partial charge is 0.0585 e. The predicted octanol–water partition coefficient (Wildman–Crippen LogP) is 2.93. The monoisotopic (exact) mass is 297 g/mol. The molecule has 0 saturated heterocycles. The lowest BCUT2D eigenvalue weighted by molar-refractivity contribution is 0.289. The van der Waals surface area contributed by atoms with Crippen molar-refractivity contribution in [3.05, 3.63) is 22.7 Å². The Morgan fingerprint density at radius 3 is 2.88 bits per heavy atom. The lowest BCUT2D eigenvalue weighted by Crippen LogP contribution is -2.31. The Balaban J connectivity index is 1.82. The van der Waals surface area contributed by atoms with Crippen LogP contribution >= 0.6 is 15.9 Å². The number of hydrogen-bond donors (Lipinski definition) is 2. The Morgan fingerprint density at radius 1 is 1.47 bits per heavy atom. The summed E-state index contributed by atoms with van der Waals surface area (Å²) in [6.45, 7) is 5.41. The van der Waals surface area contributed by atoms with Crippen molar-refractivity contribution in [1.29, 1.82) is 0 Å². The minimum absolute atomic E-state index is 0.808. The Morgan fingerprint density at radius 2 is 2.24 bits per heavy atom. The van der Waals surface area contributed by atoms with Crippen LogP contribution in [0.25, 0.3) is 0 Å². The van der Waals surface area contributed by atoms with Crippen molar-refractivity contribution in [3.8, 4) is 0 Å². The summed E-state index contributed by atoms with van der Waals surface area (Å²) in [6, 6.07) is 6.75. The molecule has 3 N–H and O–H groups in total. The van der Waals surface area contributed by atoms with E-state index < -0.39 is 0 Å². The molecule has 0 atom stereocenters. The Labute approximate surface area is 111 Å². The summed E-state index contributed by atoms with van der Waals surface area (Å²) in [6.07, 6.45) is 2.74. The van der Waals surface area contributed by atoms with Crippen LogP contribution in [0.3, 0.4) is 0 Å². The van der Waals surface area contributed by atoms with Crippen LogP contribution in [0.1, 0.15) is 19.8 Å². The summed E-state index contributed by atoms with van der Waals surface area (Å²) < 4.78 is 1.06. The number of hydrogen-bond acceptors (Lipinski definition) is 3.